The number of ether oxygens (including phenoxy) is 2. The van der Waals surface area contributed by atoms with Crippen molar-refractivity contribution in [3.8, 4) is 0 Å². The monoisotopic (exact) mass is 332 g/mol. The maximum atomic E-state index is 11.9. The fourth-order valence-electron chi connectivity index (χ4n) is 1.78. The first kappa shape index (κ1) is 21.5. The van der Waals surface area contributed by atoms with Gasteiger partial charge >= 0.3 is 12.2 Å². The van der Waals surface area contributed by atoms with Crippen LogP contribution >= 0.6 is 0 Å². The Morgan fingerprint density at radius 1 is 0.870 bits per heavy atom. The van der Waals surface area contributed by atoms with Crippen molar-refractivity contribution >= 4 is 12.2 Å². The normalized spacial score (nSPS) is 12.1. The summed E-state index contributed by atoms with van der Waals surface area (Å²) < 4.78 is 10.5. The van der Waals surface area contributed by atoms with Crippen molar-refractivity contribution in [1.29, 1.82) is 0 Å². The van der Waals surface area contributed by atoms with Crippen LogP contribution in [0, 0.1) is 5.92 Å². The molecule has 0 rings (SSSR count). The highest BCUT2D eigenvalue weighted by Crippen LogP contribution is 2.12. The van der Waals surface area contributed by atoms with Crippen molar-refractivity contribution in [1.82, 2.24) is 9.80 Å². The standard InChI is InChI=1S/C16H32N2O5/c1-15(2,3)22-13(20)17(7)9-12(11-19)10-18(8)14(21)23-16(4,5)6/h12,19H,9-11H2,1-8H3. The molecule has 0 aromatic rings. The summed E-state index contributed by atoms with van der Waals surface area (Å²) in [6.07, 6.45) is -0.924. The van der Waals surface area contributed by atoms with Crippen LogP contribution in [0.3, 0.4) is 0 Å². The molecular formula is C16H32N2O5. The molecule has 0 bridgehead atoms. The number of aliphatic hydroxyl groups excluding tert-OH is 1. The zero-order valence-corrected chi connectivity index (χ0v) is 15.7. The Kier molecular flexibility index (Phi) is 7.83. The molecule has 0 atom stereocenters. The molecule has 0 aliphatic carbocycles. The second-order valence-corrected chi connectivity index (χ2v) is 7.77. The van der Waals surface area contributed by atoms with Crippen LogP contribution < -0.4 is 0 Å². The molecular weight excluding hydrogens is 300 g/mol. The lowest BCUT2D eigenvalue weighted by Gasteiger charge is -2.30. The molecule has 0 unspecified atom stereocenters. The Morgan fingerprint density at radius 3 is 1.39 bits per heavy atom. The third-order valence-electron chi connectivity index (χ3n) is 2.73. The molecule has 1 N–H and O–H groups in total. The van der Waals surface area contributed by atoms with Crippen molar-refractivity contribution in [3.05, 3.63) is 0 Å². The predicted octanol–water partition coefficient (Wildman–Crippen LogP) is 2.33. The van der Waals surface area contributed by atoms with E-state index in [0.29, 0.717) is 0 Å². The number of hydrogen-bond donors (Lipinski definition) is 1. The second kappa shape index (κ2) is 8.38. The number of hydrogen-bond acceptors (Lipinski definition) is 5. The molecule has 0 aliphatic heterocycles. The number of amides is 2. The van der Waals surface area contributed by atoms with E-state index in [1.54, 1.807) is 55.6 Å². The summed E-state index contributed by atoms with van der Waals surface area (Å²) in [6, 6.07) is 0. The molecule has 2 amide bonds. The zero-order valence-electron chi connectivity index (χ0n) is 15.7. The maximum absolute atomic E-state index is 11.9. The van der Waals surface area contributed by atoms with E-state index in [2.05, 4.69) is 0 Å². The lowest BCUT2D eigenvalue weighted by Crippen LogP contribution is -2.43. The van der Waals surface area contributed by atoms with Gasteiger partial charge in [-0.15, -0.1) is 0 Å². The van der Waals surface area contributed by atoms with Crippen molar-refractivity contribution in [2.45, 2.75) is 52.7 Å². The Labute approximate surface area is 139 Å². The maximum Gasteiger partial charge on any atom is 0.410 e. The molecule has 0 aromatic heterocycles. The minimum atomic E-state index is -0.576. The number of rotatable bonds is 5. The third kappa shape index (κ3) is 9.99. The van der Waals surface area contributed by atoms with Crippen molar-refractivity contribution in [2.75, 3.05) is 33.8 Å². The van der Waals surface area contributed by atoms with E-state index in [-0.39, 0.29) is 25.6 Å². The summed E-state index contributed by atoms with van der Waals surface area (Å²) in [5, 5.41) is 9.49. The van der Waals surface area contributed by atoms with Crippen LogP contribution in [0.2, 0.25) is 0 Å². The Bertz CT molecular complexity index is 362. The number of nitrogens with zero attached hydrogens (tertiary/aromatic N) is 2. The van der Waals surface area contributed by atoms with Gasteiger partial charge in [-0.3, -0.25) is 0 Å². The topological polar surface area (TPSA) is 79.3 Å². The summed E-state index contributed by atoms with van der Waals surface area (Å²) in [5.74, 6) is -0.287. The Morgan fingerprint density at radius 2 is 1.17 bits per heavy atom. The van der Waals surface area contributed by atoms with Crippen LogP contribution in [0.15, 0.2) is 0 Å². The quantitative estimate of drug-likeness (QED) is 0.836. The van der Waals surface area contributed by atoms with Gasteiger partial charge in [0.2, 0.25) is 0 Å². The number of carbonyl (C=O) groups is 2. The summed E-state index contributed by atoms with van der Waals surface area (Å²) in [4.78, 5) is 26.7. The van der Waals surface area contributed by atoms with Gasteiger partial charge in [-0.25, -0.2) is 9.59 Å². The molecule has 0 saturated carbocycles. The highest BCUT2D eigenvalue weighted by Gasteiger charge is 2.25. The van der Waals surface area contributed by atoms with Crippen LogP contribution in [-0.4, -0.2) is 72.1 Å². The Balaban J connectivity index is 4.55. The van der Waals surface area contributed by atoms with Gasteiger partial charge in [0, 0.05) is 39.7 Å². The number of carbonyl (C=O) groups excluding carboxylic acids is 2. The van der Waals surface area contributed by atoms with E-state index in [1.165, 1.54) is 9.80 Å². The van der Waals surface area contributed by atoms with Crippen LogP contribution in [0.1, 0.15) is 41.5 Å². The fourth-order valence-corrected chi connectivity index (χ4v) is 1.78. The zero-order chi connectivity index (χ0) is 18.4. The average molecular weight is 332 g/mol. The molecule has 0 radical (unpaired) electrons. The van der Waals surface area contributed by atoms with Gasteiger partial charge in [-0.05, 0) is 41.5 Å². The Hall–Kier alpha value is -1.50. The molecule has 7 nitrogen and oxygen atoms in total. The number of aliphatic hydroxyl groups is 1. The second-order valence-electron chi connectivity index (χ2n) is 7.77. The van der Waals surface area contributed by atoms with E-state index in [4.69, 9.17) is 9.47 Å². The first-order valence-corrected chi connectivity index (χ1v) is 7.74. The smallest absolute Gasteiger partial charge is 0.410 e. The van der Waals surface area contributed by atoms with E-state index >= 15 is 0 Å². The van der Waals surface area contributed by atoms with Gasteiger partial charge in [0.25, 0.3) is 0 Å². The molecule has 0 aliphatic rings. The lowest BCUT2D eigenvalue weighted by molar-refractivity contribution is 0.0178. The van der Waals surface area contributed by atoms with Crippen molar-refractivity contribution in [3.63, 3.8) is 0 Å². The lowest BCUT2D eigenvalue weighted by atomic mass is 10.1. The van der Waals surface area contributed by atoms with E-state index in [0.717, 1.165) is 0 Å². The molecule has 136 valence electrons. The van der Waals surface area contributed by atoms with Crippen molar-refractivity contribution in [2.24, 2.45) is 5.92 Å². The molecule has 0 heterocycles. The SMILES string of the molecule is CN(CC(CO)CN(C)C(=O)OC(C)(C)C)C(=O)OC(C)(C)C. The van der Waals surface area contributed by atoms with Crippen LogP contribution in [-0.2, 0) is 9.47 Å². The molecule has 0 saturated heterocycles. The first-order valence-electron chi connectivity index (χ1n) is 7.74. The van der Waals surface area contributed by atoms with Gasteiger partial charge < -0.3 is 24.4 Å². The van der Waals surface area contributed by atoms with Gasteiger partial charge in [-0.1, -0.05) is 0 Å². The summed E-state index contributed by atoms with van der Waals surface area (Å²) in [7, 11) is 3.20. The molecule has 7 heteroatoms. The summed E-state index contributed by atoms with van der Waals surface area (Å²) >= 11 is 0. The largest absolute Gasteiger partial charge is 0.444 e. The van der Waals surface area contributed by atoms with Gasteiger partial charge in [0.05, 0.1) is 0 Å². The minimum Gasteiger partial charge on any atom is -0.444 e. The van der Waals surface area contributed by atoms with Gasteiger partial charge in [0.1, 0.15) is 11.2 Å². The van der Waals surface area contributed by atoms with Crippen LogP contribution in [0.5, 0.6) is 0 Å². The summed E-state index contributed by atoms with van der Waals surface area (Å²) in [6.45, 7) is 11.1. The third-order valence-corrected chi connectivity index (χ3v) is 2.73. The molecule has 23 heavy (non-hydrogen) atoms. The summed E-state index contributed by atoms with van der Waals surface area (Å²) in [5.41, 5.74) is -1.15. The molecule has 0 fully saturated rings. The average Bonchev–Trinajstić information content (AvgIpc) is 2.33. The van der Waals surface area contributed by atoms with Crippen LogP contribution in [0.25, 0.3) is 0 Å². The highest BCUT2D eigenvalue weighted by molar-refractivity contribution is 5.68. The fraction of sp³-hybridized carbons (Fsp3) is 0.875. The minimum absolute atomic E-state index is 0.153. The first-order chi connectivity index (χ1) is 10.2. The van der Waals surface area contributed by atoms with Crippen LogP contribution in [0.4, 0.5) is 9.59 Å². The van der Waals surface area contributed by atoms with Gasteiger partial charge in [-0.2, -0.15) is 0 Å². The van der Waals surface area contributed by atoms with Crippen molar-refractivity contribution < 1.29 is 24.2 Å². The predicted molar refractivity (Wildman–Crippen MR) is 88.3 cm³/mol. The van der Waals surface area contributed by atoms with E-state index < -0.39 is 23.4 Å². The molecule has 0 spiro atoms. The van der Waals surface area contributed by atoms with Gasteiger partial charge in [0.15, 0.2) is 0 Å². The van der Waals surface area contributed by atoms with E-state index in [9.17, 15) is 14.7 Å². The van der Waals surface area contributed by atoms with E-state index in [1.807, 2.05) is 0 Å². The highest BCUT2D eigenvalue weighted by atomic mass is 16.6. The molecule has 0 aromatic carbocycles.